The first-order valence-electron chi connectivity index (χ1n) is 10.9. The van der Waals surface area contributed by atoms with Crippen LogP contribution >= 0.6 is 0 Å². The fraction of sp³-hybridized carbons (Fsp3) is 0.160. The van der Waals surface area contributed by atoms with E-state index < -0.39 is 11.5 Å². The third kappa shape index (κ3) is 3.61. The van der Waals surface area contributed by atoms with E-state index in [2.05, 4.69) is 26.7 Å². The highest BCUT2D eigenvalue weighted by Crippen LogP contribution is 2.44. The van der Waals surface area contributed by atoms with E-state index in [0.717, 1.165) is 11.1 Å². The van der Waals surface area contributed by atoms with Crippen molar-refractivity contribution < 1.29 is 4.79 Å². The summed E-state index contributed by atoms with van der Waals surface area (Å²) in [5.74, 6) is -0.455. The third-order valence-corrected chi connectivity index (χ3v) is 6.02. The topological polar surface area (TPSA) is 141 Å². The van der Waals surface area contributed by atoms with Crippen LogP contribution in [0.3, 0.4) is 0 Å². The number of nitriles is 1. The molecular weight excluding hydrogens is 430 g/mol. The van der Waals surface area contributed by atoms with Gasteiger partial charge in [0, 0.05) is 41.7 Å². The number of nitrogens with one attached hydrogen (secondary N) is 2. The van der Waals surface area contributed by atoms with Crippen molar-refractivity contribution in [3.05, 3.63) is 99.5 Å². The predicted octanol–water partition coefficient (Wildman–Crippen LogP) is 2.96. The van der Waals surface area contributed by atoms with Gasteiger partial charge in [0.1, 0.15) is 11.5 Å². The van der Waals surface area contributed by atoms with E-state index in [1.807, 2.05) is 36.4 Å². The summed E-state index contributed by atoms with van der Waals surface area (Å²) in [5, 5.41) is 18.3. The van der Waals surface area contributed by atoms with E-state index in [1.54, 1.807) is 23.5 Å². The second kappa shape index (κ2) is 8.67. The molecule has 2 aromatic heterocycles. The van der Waals surface area contributed by atoms with Gasteiger partial charge in [0.2, 0.25) is 0 Å². The number of H-pyrrole nitrogens is 1. The van der Waals surface area contributed by atoms with E-state index in [9.17, 15) is 14.9 Å². The quantitative estimate of drug-likeness (QED) is 0.550. The van der Waals surface area contributed by atoms with Crippen LogP contribution in [0.2, 0.25) is 0 Å². The first-order valence-corrected chi connectivity index (χ1v) is 10.9. The Balaban J connectivity index is 1.66. The van der Waals surface area contributed by atoms with Crippen LogP contribution in [-0.2, 0) is 4.79 Å². The van der Waals surface area contributed by atoms with Crippen LogP contribution < -0.4 is 16.7 Å². The highest BCUT2D eigenvalue weighted by Gasteiger charge is 2.40. The maximum absolute atomic E-state index is 13.1. The van der Waals surface area contributed by atoms with Crippen molar-refractivity contribution >= 4 is 11.5 Å². The summed E-state index contributed by atoms with van der Waals surface area (Å²) in [7, 11) is 0. The number of hydrazine groups is 1. The fourth-order valence-corrected chi connectivity index (χ4v) is 4.52. The van der Waals surface area contributed by atoms with Crippen molar-refractivity contribution in [2.45, 2.75) is 25.2 Å². The molecule has 9 heteroatoms. The van der Waals surface area contributed by atoms with E-state index in [0.29, 0.717) is 41.9 Å². The van der Waals surface area contributed by atoms with E-state index >= 15 is 0 Å². The molecule has 0 fully saturated rings. The van der Waals surface area contributed by atoms with Gasteiger partial charge in [-0.25, -0.2) is 10.1 Å². The summed E-state index contributed by atoms with van der Waals surface area (Å²) in [4.78, 5) is 29.5. The lowest BCUT2D eigenvalue weighted by Crippen LogP contribution is -2.42. The molecular formula is C25H21N7O2. The van der Waals surface area contributed by atoms with Gasteiger partial charge in [-0.3, -0.25) is 20.0 Å². The van der Waals surface area contributed by atoms with Gasteiger partial charge in [-0.05, 0) is 24.5 Å². The van der Waals surface area contributed by atoms with Crippen molar-refractivity contribution in [1.82, 2.24) is 20.2 Å². The number of rotatable bonds is 4. The van der Waals surface area contributed by atoms with Crippen LogP contribution in [0.4, 0.5) is 5.69 Å². The Morgan fingerprint density at radius 3 is 2.71 bits per heavy atom. The number of carbonyl (C=O) groups excluding carboxylic acids is 1. The maximum atomic E-state index is 13.1. The third-order valence-electron chi connectivity index (χ3n) is 6.02. The minimum Gasteiger partial charge on any atom is -0.383 e. The van der Waals surface area contributed by atoms with Crippen molar-refractivity contribution in [3.8, 4) is 17.3 Å². The van der Waals surface area contributed by atoms with Gasteiger partial charge in [0.05, 0.1) is 23.2 Å². The second-order valence-electron chi connectivity index (χ2n) is 8.07. The Kier molecular flexibility index (Phi) is 5.40. The van der Waals surface area contributed by atoms with Crippen molar-refractivity contribution in [2.75, 3.05) is 5.43 Å². The fourth-order valence-electron chi connectivity index (χ4n) is 4.52. The summed E-state index contributed by atoms with van der Waals surface area (Å²) < 4.78 is 0. The molecule has 5 rings (SSSR count). The SMILES string of the molecule is N#CC1=C(N)N(Nc2cc(=O)[nH]nc2-c2ccccc2)C2=C(C(=O)CCC2)[C@@H]1c1cccnc1. The minimum absolute atomic E-state index is 0.0329. The molecule has 0 bridgehead atoms. The number of aromatic nitrogens is 3. The molecule has 3 heterocycles. The van der Waals surface area contributed by atoms with Gasteiger partial charge in [-0.2, -0.15) is 10.4 Å². The monoisotopic (exact) mass is 451 g/mol. The zero-order chi connectivity index (χ0) is 23.7. The number of aromatic amines is 1. The van der Waals surface area contributed by atoms with Crippen LogP contribution in [0, 0.1) is 11.3 Å². The van der Waals surface area contributed by atoms with E-state index in [-0.39, 0.29) is 17.2 Å². The van der Waals surface area contributed by atoms with Crippen LogP contribution in [0.5, 0.6) is 0 Å². The van der Waals surface area contributed by atoms with Crippen LogP contribution in [0.1, 0.15) is 30.7 Å². The number of benzene rings is 1. The Labute approximate surface area is 195 Å². The molecule has 9 nitrogen and oxygen atoms in total. The maximum Gasteiger partial charge on any atom is 0.266 e. The minimum atomic E-state index is -0.592. The first kappa shape index (κ1) is 21.2. The number of pyridine rings is 1. The van der Waals surface area contributed by atoms with Crippen molar-refractivity contribution in [1.29, 1.82) is 5.26 Å². The second-order valence-corrected chi connectivity index (χ2v) is 8.07. The lowest BCUT2D eigenvalue weighted by atomic mass is 9.76. The molecule has 34 heavy (non-hydrogen) atoms. The van der Waals surface area contributed by atoms with Crippen molar-refractivity contribution in [2.24, 2.45) is 5.73 Å². The molecule has 0 spiro atoms. The van der Waals surface area contributed by atoms with Gasteiger partial charge in [0.15, 0.2) is 5.78 Å². The van der Waals surface area contributed by atoms with Crippen LogP contribution in [-0.4, -0.2) is 26.0 Å². The summed E-state index contributed by atoms with van der Waals surface area (Å²) in [6, 6.07) is 16.6. The molecule has 0 amide bonds. The lowest BCUT2D eigenvalue weighted by Gasteiger charge is -2.39. The molecule has 0 radical (unpaired) electrons. The highest BCUT2D eigenvalue weighted by molar-refractivity contribution is 5.99. The summed E-state index contributed by atoms with van der Waals surface area (Å²) in [5.41, 5.74) is 13.2. The van der Waals surface area contributed by atoms with Gasteiger partial charge >= 0.3 is 0 Å². The van der Waals surface area contributed by atoms with Gasteiger partial charge in [-0.1, -0.05) is 36.4 Å². The predicted molar refractivity (Wildman–Crippen MR) is 125 cm³/mol. The number of ketones is 1. The summed E-state index contributed by atoms with van der Waals surface area (Å²) in [6.07, 6.45) is 4.93. The zero-order valence-electron chi connectivity index (χ0n) is 18.2. The number of anilines is 1. The standard InChI is InChI=1S/C25H21N7O2/c26-13-17-22(16-8-5-11-28-14-16)23-19(9-4-10-20(23)33)32(25(17)27)31-18-12-21(34)29-30-24(18)15-6-2-1-3-7-15/h1-3,5-8,11-12,14,22H,4,9-10,27H2,(H2,29,31,34)/t22-/m1/s1. The average molecular weight is 451 g/mol. The smallest absolute Gasteiger partial charge is 0.266 e. The van der Waals surface area contributed by atoms with E-state index in [4.69, 9.17) is 5.73 Å². The molecule has 168 valence electrons. The Morgan fingerprint density at radius 1 is 1.15 bits per heavy atom. The van der Waals surface area contributed by atoms with Gasteiger partial charge in [0.25, 0.3) is 5.56 Å². The molecule has 1 aliphatic carbocycles. The largest absolute Gasteiger partial charge is 0.383 e. The van der Waals surface area contributed by atoms with Gasteiger partial charge < -0.3 is 5.73 Å². The molecule has 1 aliphatic heterocycles. The van der Waals surface area contributed by atoms with Crippen LogP contribution in [0.25, 0.3) is 11.3 Å². The molecule has 1 aromatic carbocycles. The first-order chi connectivity index (χ1) is 16.6. The number of Topliss-reactive ketones (excluding diaryl/α,β-unsaturated/α-hetero) is 1. The normalized spacial score (nSPS) is 17.9. The van der Waals surface area contributed by atoms with Crippen molar-refractivity contribution in [3.63, 3.8) is 0 Å². The highest BCUT2D eigenvalue weighted by atomic mass is 16.1. The van der Waals surface area contributed by atoms with Gasteiger partial charge in [-0.15, -0.1) is 0 Å². The number of hydrogen-bond donors (Lipinski definition) is 3. The molecule has 3 aromatic rings. The molecule has 0 unspecified atom stereocenters. The Hall–Kier alpha value is -4.71. The number of allylic oxidation sites excluding steroid dienone is 3. The molecule has 0 saturated carbocycles. The Bertz CT molecular complexity index is 1420. The molecule has 4 N–H and O–H groups in total. The number of carbonyl (C=O) groups is 1. The summed E-state index contributed by atoms with van der Waals surface area (Å²) >= 11 is 0. The number of nitrogens with two attached hydrogens (primary N) is 1. The molecule has 0 saturated heterocycles. The lowest BCUT2D eigenvalue weighted by molar-refractivity contribution is -0.116. The zero-order valence-corrected chi connectivity index (χ0v) is 18.2. The summed E-state index contributed by atoms with van der Waals surface area (Å²) in [6.45, 7) is 0. The average Bonchev–Trinajstić information content (AvgIpc) is 2.86. The Morgan fingerprint density at radius 2 is 1.97 bits per heavy atom. The molecule has 2 aliphatic rings. The van der Waals surface area contributed by atoms with E-state index in [1.165, 1.54) is 6.07 Å². The van der Waals surface area contributed by atoms with Crippen LogP contribution in [0.15, 0.2) is 88.4 Å². The molecule has 1 atom stereocenters. The number of nitrogens with zero attached hydrogens (tertiary/aromatic N) is 4. The number of hydrogen-bond acceptors (Lipinski definition) is 8.